The topological polar surface area (TPSA) is 66.0 Å². The van der Waals surface area contributed by atoms with E-state index in [0.717, 1.165) is 11.6 Å². The fourth-order valence-electron chi connectivity index (χ4n) is 1.32. The van der Waals surface area contributed by atoms with Crippen molar-refractivity contribution in [2.75, 3.05) is 7.11 Å². The van der Waals surface area contributed by atoms with Crippen molar-refractivity contribution in [2.24, 2.45) is 5.73 Å². The molecule has 1 aromatic heterocycles. The second-order valence-corrected chi connectivity index (χ2v) is 3.13. The lowest BCUT2D eigenvalue weighted by Gasteiger charge is -2.12. The summed E-state index contributed by atoms with van der Waals surface area (Å²) < 4.78 is 7.02. The molecule has 0 radical (unpaired) electrons. The lowest BCUT2D eigenvalue weighted by Crippen LogP contribution is -2.13. The van der Waals surface area contributed by atoms with Crippen LogP contribution >= 0.6 is 0 Å². The molecule has 0 aromatic carbocycles. The van der Waals surface area contributed by atoms with Crippen molar-refractivity contribution < 1.29 is 4.74 Å². The van der Waals surface area contributed by atoms with Gasteiger partial charge in [0.25, 0.3) is 0 Å². The van der Waals surface area contributed by atoms with Crippen molar-refractivity contribution in [3.8, 4) is 0 Å². The Kier molecular flexibility index (Phi) is 3.39. The molecule has 0 unspecified atom stereocenters. The van der Waals surface area contributed by atoms with Crippen LogP contribution in [0.25, 0.3) is 0 Å². The van der Waals surface area contributed by atoms with Crippen molar-refractivity contribution in [3.05, 3.63) is 11.6 Å². The van der Waals surface area contributed by atoms with E-state index in [1.165, 1.54) is 0 Å². The third-order valence-electron chi connectivity index (χ3n) is 1.81. The van der Waals surface area contributed by atoms with Crippen molar-refractivity contribution >= 4 is 0 Å². The molecule has 0 fully saturated rings. The zero-order valence-corrected chi connectivity index (χ0v) is 8.32. The number of nitrogens with zero attached hydrogens (tertiary/aromatic N) is 3. The smallest absolute Gasteiger partial charge is 0.159 e. The molecule has 13 heavy (non-hydrogen) atoms. The summed E-state index contributed by atoms with van der Waals surface area (Å²) in [6, 6.07) is 0.318. The lowest BCUT2D eigenvalue weighted by atomic mass is 10.3. The molecule has 0 atom stereocenters. The van der Waals surface area contributed by atoms with E-state index in [1.807, 2.05) is 4.57 Å². The van der Waals surface area contributed by atoms with Crippen LogP contribution in [-0.2, 0) is 17.9 Å². The van der Waals surface area contributed by atoms with Crippen LogP contribution in [0.15, 0.2) is 0 Å². The largest absolute Gasteiger partial charge is 0.377 e. The van der Waals surface area contributed by atoms with Crippen molar-refractivity contribution in [2.45, 2.75) is 33.0 Å². The maximum Gasteiger partial charge on any atom is 0.159 e. The minimum atomic E-state index is 0.318. The third kappa shape index (κ3) is 2.05. The van der Waals surface area contributed by atoms with Crippen LogP contribution in [0.1, 0.15) is 31.5 Å². The maximum absolute atomic E-state index is 5.53. The summed E-state index contributed by atoms with van der Waals surface area (Å²) >= 11 is 0. The number of hydrogen-bond acceptors (Lipinski definition) is 4. The highest BCUT2D eigenvalue weighted by atomic mass is 16.5. The van der Waals surface area contributed by atoms with Gasteiger partial charge in [0, 0.05) is 13.2 Å². The normalized spacial score (nSPS) is 11.2. The highest BCUT2D eigenvalue weighted by Crippen LogP contribution is 2.11. The summed E-state index contributed by atoms with van der Waals surface area (Å²) in [4.78, 5) is 0. The number of hydrogen-bond donors (Lipinski definition) is 1. The fourth-order valence-corrected chi connectivity index (χ4v) is 1.32. The Balaban J connectivity index is 2.99. The first-order valence-corrected chi connectivity index (χ1v) is 4.32. The van der Waals surface area contributed by atoms with Gasteiger partial charge < -0.3 is 15.0 Å². The van der Waals surface area contributed by atoms with E-state index < -0.39 is 0 Å². The van der Waals surface area contributed by atoms with Crippen molar-refractivity contribution in [1.82, 2.24) is 14.8 Å². The van der Waals surface area contributed by atoms with Gasteiger partial charge in [-0.2, -0.15) is 0 Å². The minimum Gasteiger partial charge on any atom is -0.377 e. The summed E-state index contributed by atoms with van der Waals surface area (Å²) in [5.41, 5.74) is 5.53. The molecule has 0 aliphatic carbocycles. The monoisotopic (exact) mass is 184 g/mol. The fraction of sp³-hybridized carbons (Fsp3) is 0.750. The maximum atomic E-state index is 5.53. The summed E-state index contributed by atoms with van der Waals surface area (Å²) in [5, 5.41) is 7.99. The first-order chi connectivity index (χ1) is 6.20. The Labute approximate surface area is 77.9 Å². The molecule has 1 aromatic rings. The van der Waals surface area contributed by atoms with Crippen LogP contribution in [0.5, 0.6) is 0 Å². The average molecular weight is 184 g/mol. The first kappa shape index (κ1) is 10.1. The third-order valence-corrected chi connectivity index (χ3v) is 1.81. The highest BCUT2D eigenvalue weighted by Gasteiger charge is 2.12. The summed E-state index contributed by atoms with van der Waals surface area (Å²) in [6.07, 6.45) is 0. The van der Waals surface area contributed by atoms with E-state index in [9.17, 15) is 0 Å². The molecule has 0 saturated heterocycles. The molecular formula is C8H16N4O. The Morgan fingerprint density at radius 2 is 2.00 bits per heavy atom. The summed E-state index contributed by atoms with van der Waals surface area (Å²) in [7, 11) is 1.64. The highest BCUT2D eigenvalue weighted by molar-refractivity contribution is 4.96. The second kappa shape index (κ2) is 4.34. The SMILES string of the molecule is COCc1nnc(CN)n1C(C)C. The summed E-state index contributed by atoms with van der Waals surface area (Å²) in [6.45, 7) is 5.03. The Hall–Kier alpha value is -0.940. The second-order valence-electron chi connectivity index (χ2n) is 3.13. The van der Waals surface area contributed by atoms with Gasteiger partial charge in [0.1, 0.15) is 12.4 Å². The number of ether oxygens (including phenoxy) is 1. The van der Waals surface area contributed by atoms with E-state index in [0.29, 0.717) is 19.2 Å². The number of methoxy groups -OCH3 is 1. The predicted molar refractivity (Wildman–Crippen MR) is 49.0 cm³/mol. The molecule has 5 heteroatoms. The minimum absolute atomic E-state index is 0.318. The molecule has 0 bridgehead atoms. The Bertz CT molecular complexity index is 269. The quantitative estimate of drug-likeness (QED) is 0.738. The molecule has 0 spiro atoms. The van der Waals surface area contributed by atoms with E-state index in [1.54, 1.807) is 7.11 Å². The lowest BCUT2D eigenvalue weighted by molar-refractivity contribution is 0.172. The molecule has 74 valence electrons. The zero-order chi connectivity index (χ0) is 9.84. The van der Waals surface area contributed by atoms with Crippen molar-refractivity contribution in [1.29, 1.82) is 0 Å². The van der Waals surface area contributed by atoms with E-state index in [2.05, 4.69) is 24.0 Å². The predicted octanol–water partition coefficient (Wildman–Crippen LogP) is 0.464. The van der Waals surface area contributed by atoms with Gasteiger partial charge in [0.15, 0.2) is 5.82 Å². The zero-order valence-electron chi connectivity index (χ0n) is 8.32. The van der Waals surface area contributed by atoms with Gasteiger partial charge in [-0.1, -0.05) is 0 Å². The van der Waals surface area contributed by atoms with Crippen LogP contribution in [0.2, 0.25) is 0 Å². The van der Waals surface area contributed by atoms with E-state index >= 15 is 0 Å². The van der Waals surface area contributed by atoms with Gasteiger partial charge >= 0.3 is 0 Å². The van der Waals surface area contributed by atoms with Gasteiger partial charge in [-0.15, -0.1) is 10.2 Å². The van der Waals surface area contributed by atoms with Crippen LogP contribution in [-0.4, -0.2) is 21.9 Å². The standard InChI is InChI=1S/C8H16N4O/c1-6(2)12-7(4-9)10-11-8(12)5-13-3/h6H,4-5,9H2,1-3H3. The molecule has 0 aliphatic heterocycles. The molecule has 0 amide bonds. The van der Waals surface area contributed by atoms with Crippen LogP contribution in [0.3, 0.4) is 0 Å². The van der Waals surface area contributed by atoms with Gasteiger partial charge in [0.2, 0.25) is 0 Å². The van der Waals surface area contributed by atoms with Gasteiger partial charge in [-0.3, -0.25) is 0 Å². The van der Waals surface area contributed by atoms with Crippen LogP contribution in [0.4, 0.5) is 0 Å². The Morgan fingerprint density at radius 3 is 2.46 bits per heavy atom. The van der Waals surface area contributed by atoms with E-state index in [-0.39, 0.29) is 0 Å². The average Bonchev–Trinajstić information content (AvgIpc) is 2.48. The van der Waals surface area contributed by atoms with Gasteiger partial charge in [0.05, 0.1) is 6.54 Å². The number of aromatic nitrogens is 3. The van der Waals surface area contributed by atoms with Crippen LogP contribution < -0.4 is 5.73 Å². The van der Waals surface area contributed by atoms with Gasteiger partial charge in [-0.25, -0.2) is 0 Å². The Morgan fingerprint density at radius 1 is 1.38 bits per heavy atom. The van der Waals surface area contributed by atoms with Gasteiger partial charge in [-0.05, 0) is 13.8 Å². The molecule has 0 aliphatic rings. The number of rotatable bonds is 4. The summed E-state index contributed by atoms with van der Waals surface area (Å²) in [5.74, 6) is 1.64. The molecule has 5 nitrogen and oxygen atoms in total. The van der Waals surface area contributed by atoms with Crippen LogP contribution in [0, 0.1) is 0 Å². The first-order valence-electron chi connectivity index (χ1n) is 4.32. The molecule has 2 N–H and O–H groups in total. The molecule has 0 saturated carbocycles. The van der Waals surface area contributed by atoms with E-state index in [4.69, 9.17) is 10.5 Å². The molecular weight excluding hydrogens is 168 g/mol. The van der Waals surface area contributed by atoms with Crippen molar-refractivity contribution in [3.63, 3.8) is 0 Å². The molecule has 1 heterocycles. The number of nitrogens with two attached hydrogens (primary N) is 1. The molecule has 1 rings (SSSR count).